The van der Waals surface area contributed by atoms with Crippen molar-refractivity contribution < 1.29 is 24.5 Å². The molecule has 2 unspecified atom stereocenters. The first-order valence-corrected chi connectivity index (χ1v) is 35.4. The molecule has 3 N–H and O–H groups in total. The average molecular weight is 1090 g/mol. The fraction of sp³-hybridized carbons (Fsp3) is 0.944. The molecule has 0 aliphatic heterocycles. The van der Waals surface area contributed by atoms with E-state index in [1.54, 1.807) is 0 Å². The number of nitrogens with one attached hydrogen (secondary N) is 1. The summed E-state index contributed by atoms with van der Waals surface area (Å²) < 4.78 is 5.51. The Morgan fingerprint density at radius 2 is 0.610 bits per heavy atom. The molecule has 0 aromatic carbocycles. The zero-order valence-corrected chi connectivity index (χ0v) is 52.5. The molecule has 77 heavy (non-hydrogen) atoms. The first kappa shape index (κ1) is 75.6. The van der Waals surface area contributed by atoms with E-state index in [-0.39, 0.29) is 18.5 Å². The third-order valence-corrected chi connectivity index (χ3v) is 16.8. The van der Waals surface area contributed by atoms with Crippen LogP contribution in [-0.4, -0.2) is 47.4 Å². The molecule has 0 radical (unpaired) electrons. The maximum Gasteiger partial charge on any atom is 0.305 e. The third kappa shape index (κ3) is 63.6. The molecule has 0 bridgehead atoms. The molecule has 458 valence electrons. The number of rotatable bonds is 67. The van der Waals surface area contributed by atoms with E-state index in [0.717, 1.165) is 38.5 Å². The lowest BCUT2D eigenvalue weighted by atomic mass is 10.0. The molecule has 0 fully saturated rings. The van der Waals surface area contributed by atoms with Gasteiger partial charge in [0.25, 0.3) is 0 Å². The van der Waals surface area contributed by atoms with E-state index in [9.17, 15) is 19.8 Å². The molecule has 0 saturated carbocycles. The number of hydrogen-bond acceptors (Lipinski definition) is 5. The van der Waals surface area contributed by atoms with Gasteiger partial charge in [0.1, 0.15) is 0 Å². The zero-order chi connectivity index (χ0) is 55.7. The number of hydrogen-bond donors (Lipinski definition) is 3. The molecular formula is C71H139NO5. The number of carbonyl (C=O) groups excluding carboxylic acids is 2. The number of carbonyl (C=O) groups is 2. The summed E-state index contributed by atoms with van der Waals surface area (Å²) in [6.45, 7) is 4.99. The van der Waals surface area contributed by atoms with Crippen molar-refractivity contribution in [3.05, 3.63) is 12.2 Å². The maximum absolute atomic E-state index is 12.5. The molecule has 2 atom stereocenters. The Balaban J connectivity index is 3.34. The number of unbranched alkanes of at least 4 members (excludes halogenated alkanes) is 54. The summed E-state index contributed by atoms with van der Waals surface area (Å²) in [5.41, 5.74) is 0. The van der Waals surface area contributed by atoms with Crippen molar-refractivity contribution in [2.45, 2.75) is 418 Å². The van der Waals surface area contributed by atoms with E-state index in [0.29, 0.717) is 25.9 Å². The number of amides is 1. The molecule has 0 spiro atoms. The van der Waals surface area contributed by atoms with Gasteiger partial charge in [-0.3, -0.25) is 9.59 Å². The van der Waals surface area contributed by atoms with Crippen molar-refractivity contribution >= 4 is 11.9 Å². The highest BCUT2D eigenvalue weighted by Gasteiger charge is 2.20. The molecule has 1 amide bonds. The van der Waals surface area contributed by atoms with Crippen LogP contribution in [0.2, 0.25) is 0 Å². The Hall–Kier alpha value is -1.40. The van der Waals surface area contributed by atoms with Crippen molar-refractivity contribution in [2.75, 3.05) is 13.2 Å². The van der Waals surface area contributed by atoms with Crippen LogP contribution >= 0.6 is 0 Å². The molecule has 6 nitrogen and oxygen atoms in total. The normalized spacial score (nSPS) is 12.5. The minimum absolute atomic E-state index is 0.0162. The monoisotopic (exact) mass is 1090 g/mol. The number of ether oxygens (including phenoxy) is 1. The van der Waals surface area contributed by atoms with E-state index in [1.807, 2.05) is 0 Å². The van der Waals surface area contributed by atoms with Crippen LogP contribution in [0.3, 0.4) is 0 Å². The predicted octanol–water partition coefficient (Wildman–Crippen LogP) is 22.8. The van der Waals surface area contributed by atoms with Crippen LogP contribution in [0.25, 0.3) is 0 Å². The summed E-state index contributed by atoms with van der Waals surface area (Å²) in [5, 5.41) is 23.4. The summed E-state index contributed by atoms with van der Waals surface area (Å²) in [6.07, 6.45) is 82.5. The summed E-state index contributed by atoms with van der Waals surface area (Å²) in [6, 6.07) is -0.540. The van der Waals surface area contributed by atoms with Crippen molar-refractivity contribution in [3.63, 3.8) is 0 Å². The Bertz CT molecular complexity index is 1160. The van der Waals surface area contributed by atoms with Crippen molar-refractivity contribution in [2.24, 2.45) is 0 Å². The number of allylic oxidation sites excluding steroid dienone is 2. The van der Waals surface area contributed by atoms with Gasteiger partial charge in [0.05, 0.1) is 25.4 Å². The van der Waals surface area contributed by atoms with Gasteiger partial charge < -0.3 is 20.3 Å². The summed E-state index contributed by atoms with van der Waals surface area (Å²) in [4.78, 5) is 24.6. The van der Waals surface area contributed by atoms with Gasteiger partial charge in [0.2, 0.25) is 5.91 Å². The SMILES string of the molecule is CCCCCCCC/C=C\CCCCCCCCCCCC(=O)OCCCCCCCCCCCCCCCCCCCCCCCCCCC(=O)NC(CO)C(O)CCCCCCCCCCCCCCCCCCC. The van der Waals surface area contributed by atoms with Gasteiger partial charge in [0, 0.05) is 12.8 Å². The van der Waals surface area contributed by atoms with Crippen LogP contribution < -0.4 is 5.32 Å². The minimum Gasteiger partial charge on any atom is -0.466 e. The second kappa shape index (κ2) is 67.1. The second-order valence-electron chi connectivity index (χ2n) is 24.6. The summed E-state index contributed by atoms with van der Waals surface area (Å²) in [7, 11) is 0. The van der Waals surface area contributed by atoms with E-state index < -0.39 is 12.1 Å². The number of aliphatic hydroxyl groups excluding tert-OH is 2. The van der Waals surface area contributed by atoms with Gasteiger partial charge in [-0.2, -0.15) is 0 Å². The highest BCUT2D eigenvalue weighted by atomic mass is 16.5. The lowest BCUT2D eigenvalue weighted by Crippen LogP contribution is -2.45. The van der Waals surface area contributed by atoms with Crippen LogP contribution in [-0.2, 0) is 14.3 Å². The number of esters is 1. The van der Waals surface area contributed by atoms with Gasteiger partial charge in [-0.25, -0.2) is 0 Å². The largest absolute Gasteiger partial charge is 0.466 e. The fourth-order valence-corrected chi connectivity index (χ4v) is 11.4. The quantitative estimate of drug-likeness (QED) is 0.0320. The molecule has 0 aromatic rings. The molecule has 0 rings (SSSR count). The van der Waals surface area contributed by atoms with Gasteiger partial charge in [-0.05, 0) is 51.4 Å². The smallest absolute Gasteiger partial charge is 0.305 e. The Labute approximate surface area is 482 Å². The first-order chi connectivity index (χ1) is 38.0. The average Bonchev–Trinajstić information content (AvgIpc) is 3.43. The fourth-order valence-electron chi connectivity index (χ4n) is 11.4. The summed E-state index contributed by atoms with van der Waals surface area (Å²) >= 11 is 0. The molecule has 0 heterocycles. The van der Waals surface area contributed by atoms with Gasteiger partial charge in [-0.15, -0.1) is 0 Å². The Morgan fingerprint density at radius 3 is 0.922 bits per heavy atom. The van der Waals surface area contributed by atoms with E-state index in [1.165, 1.54) is 334 Å². The van der Waals surface area contributed by atoms with E-state index in [2.05, 4.69) is 31.3 Å². The standard InChI is InChI=1S/C71H139NO5/c1-3-5-7-9-11-13-15-17-19-21-28-33-37-41-45-49-53-57-61-65-71(76)77-66-62-58-54-50-46-42-38-34-30-27-25-23-22-24-26-29-32-36-40-44-48-52-56-60-64-70(75)72-68(67-73)69(74)63-59-55-51-47-43-39-35-31-20-18-16-14-12-10-8-6-4-2/h17,19,68-69,73-74H,3-16,18,20-67H2,1-2H3,(H,72,75)/b19-17-. The van der Waals surface area contributed by atoms with Crippen LogP contribution in [0.4, 0.5) is 0 Å². The van der Waals surface area contributed by atoms with Crippen LogP contribution in [0.1, 0.15) is 406 Å². The van der Waals surface area contributed by atoms with Gasteiger partial charge in [0.15, 0.2) is 0 Å². The van der Waals surface area contributed by atoms with Crippen molar-refractivity contribution in [3.8, 4) is 0 Å². The zero-order valence-electron chi connectivity index (χ0n) is 52.5. The topological polar surface area (TPSA) is 95.9 Å². The second-order valence-corrected chi connectivity index (χ2v) is 24.6. The molecule has 0 aliphatic carbocycles. The Kier molecular flexibility index (Phi) is 65.9. The maximum atomic E-state index is 12.5. The lowest BCUT2D eigenvalue weighted by molar-refractivity contribution is -0.143. The van der Waals surface area contributed by atoms with Crippen LogP contribution in [0.15, 0.2) is 12.2 Å². The highest BCUT2D eigenvalue weighted by Crippen LogP contribution is 2.19. The first-order valence-electron chi connectivity index (χ1n) is 35.4. The predicted molar refractivity (Wildman–Crippen MR) is 338 cm³/mol. The molecule has 6 heteroatoms. The Morgan fingerprint density at radius 1 is 0.351 bits per heavy atom. The molecule has 0 aromatic heterocycles. The highest BCUT2D eigenvalue weighted by molar-refractivity contribution is 5.76. The molecule has 0 aliphatic rings. The molecular weight excluding hydrogens is 947 g/mol. The van der Waals surface area contributed by atoms with Crippen molar-refractivity contribution in [1.82, 2.24) is 5.32 Å². The number of aliphatic hydroxyl groups is 2. The van der Waals surface area contributed by atoms with Gasteiger partial charge in [-0.1, -0.05) is 353 Å². The van der Waals surface area contributed by atoms with Crippen LogP contribution in [0.5, 0.6) is 0 Å². The van der Waals surface area contributed by atoms with Gasteiger partial charge >= 0.3 is 5.97 Å². The molecule has 0 saturated heterocycles. The lowest BCUT2D eigenvalue weighted by Gasteiger charge is -2.22. The van der Waals surface area contributed by atoms with Crippen molar-refractivity contribution in [1.29, 1.82) is 0 Å². The summed E-state index contributed by atoms with van der Waals surface area (Å²) in [5.74, 6) is -0.0136. The van der Waals surface area contributed by atoms with E-state index >= 15 is 0 Å². The van der Waals surface area contributed by atoms with E-state index in [4.69, 9.17) is 4.74 Å². The van der Waals surface area contributed by atoms with Crippen LogP contribution in [0, 0.1) is 0 Å². The minimum atomic E-state index is -0.663. The third-order valence-electron chi connectivity index (χ3n) is 16.8.